The van der Waals surface area contributed by atoms with Gasteiger partial charge in [0.2, 0.25) is 11.8 Å². The minimum Gasteiger partial charge on any atom is -0.343 e. The predicted molar refractivity (Wildman–Crippen MR) is 95.8 cm³/mol. The molecule has 2 fully saturated rings. The highest BCUT2D eigenvalue weighted by Crippen LogP contribution is 2.25. The molecule has 1 aromatic carbocycles. The number of carbonyl (C=O) groups excluding carboxylic acids is 2. The number of likely N-dealkylation sites (tertiary alicyclic amines) is 1. The number of hydrogen-bond acceptors (Lipinski definition) is 2. The van der Waals surface area contributed by atoms with Crippen LogP contribution in [0.4, 0.5) is 5.69 Å². The van der Waals surface area contributed by atoms with Crippen molar-refractivity contribution < 1.29 is 9.59 Å². The highest BCUT2D eigenvalue weighted by molar-refractivity contribution is 5.92. The molecule has 4 nitrogen and oxygen atoms in total. The molecule has 1 aromatic rings. The van der Waals surface area contributed by atoms with Crippen molar-refractivity contribution in [1.29, 1.82) is 0 Å². The lowest BCUT2D eigenvalue weighted by atomic mass is 9.88. The second-order valence-electron chi connectivity index (χ2n) is 7.11. The van der Waals surface area contributed by atoms with Gasteiger partial charge >= 0.3 is 0 Å². The molecule has 1 saturated heterocycles. The van der Waals surface area contributed by atoms with Crippen LogP contribution in [0.3, 0.4) is 0 Å². The minimum atomic E-state index is 0.159. The van der Waals surface area contributed by atoms with Crippen LogP contribution in [0.15, 0.2) is 24.3 Å². The average Bonchev–Trinajstić information content (AvgIpc) is 3.16. The molecule has 2 aliphatic rings. The zero-order valence-electron chi connectivity index (χ0n) is 14.4. The molecule has 0 atom stereocenters. The fraction of sp³-hybridized carbons (Fsp3) is 0.600. The maximum atomic E-state index is 12.3. The summed E-state index contributed by atoms with van der Waals surface area (Å²) in [6, 6.07) is 7.95. The smallest absolute Gasteiger partial charge is 0.227 e. The number of anilines is 1. The summed E-state index contributed by atoms with van der Waals surface area (Å²) in [5.74, 6) is 0.602. The third-order valence-corrected chi connectivity index (χ3v) is 5.28. The predicted octanol–water partition coefficient (Wildman–Crippen LogP) is 3.76. The van der Waals surface area contributed by atoms with Gasteiger partial charge in [0.15, 0.2) is 0 Å². The molecule has 0 radical (unpaired) electrons. The molecule has 24 heavy (non-hydrogen) atoms. The Labute approximate surface area is 144 Å². The minimum absolute atomic E-state index is 0.159. The first kappa shape index (κ1) is 17.0. The van der Waals surface area contributed by atoms with E-state index in [1.165, 1.54) is 19.3 Å². The van der Waals surface area contributed by atoms with E-state index in [1.807, 2.05) is 29.2 Å². The van der Waals surface area contributed by atoms with Crippen LogP contribution in [-0.4, -0.2) is 29.8 Å². The molecule has 0 bridgehead atoms. The van der Waals surface area contributed by atoms with Crippen molar-refractivity contribution in [2.75, 3.05) is 18.4 Å². The second kappa shape index (κ2) is 8.32. The lowest BCUT2D eigenvalue weighted by molar-refractivity contribution is -0.130. The topological polar surface area (TPSA) is 49.4 Å². The van der Waals surface area contributed by atoms with Crippen molar-refractivity contribution in [2.24, 2.45) is 5.92 Å². The summed E-state index contributed by atoms with van der Waals surface area (Å²) in [7, 11) is 0. The Morgan fingerprint density at radius 1 is 0.958 bits per heavy atom. The van der Waals surface area contributed by atoms with Gasteiger partial charge in [0.05, 0.1) is 0 Å². The number of rotatable bonds is 5. The number of benzene rings is 1. The van der Waals surface area contributed by atoms with Gasteiger partial charge < -0.3 is 10.2 Å². The molecule has 0 unspecified atom stereocenters. The molecule has 4 heteroatoms. The highest BCUT2D eigenvalue weighted by Gasteiger charge is 2.21. The van der Waals surface area contributed by atoms with E-state index >= 15 is 0 Å². The SMILES string of the molecule is O=C(Nc1ccc(CCC(=O)N2CCCC2)cc1)C1CCCCC1. The first-order chi connectivity index (χ1) is 11.7. The summed E-state index contributed by atoms with van der Waals surface area (Å²) in [5.41, 5.74) is 2.01. The maximum Gasteiger partial charge on any atom is 0.227 e. The molecule has 1 saturated carbocycles. The molecule has 1 heterocycles. The Morgan fingerprint density at radius 2 is 1.62 bits per heavy atom. The fourth-order valence-corrected chi connectivity index (χ4v) is 3.74. The van der Waals surface area contributed by atoms with Crippen molar-refractivity contribution in [3.63, 3.8) is 0 Å². The van der Waals surface area contributed by atoms with E-state index in [4.69, 9.17) is 0 Å². The fourth-order valence-electron chi connectivity index (χ4n) is 3.74. The van der Waals surface area contributed by atoms with Gasteiger partial charge in [-0.15, -0.1) is 0 Å². The monoisotopic (exact) mass is 328 g/mol. The Bertz CT molecular complexity index is 556. The van der Waals surface area contributed by atoms with Gasteiger partial charge in [-0.25, -0.2) is 0 Å². The quantitative estimate of drug-likeness (QED) is 0.894. The van der Waals surface area contributed by atoms with Crippen LogP contribution in [-0.2, 0) is 16.0 Å². The first-order valence-corrected chi connectivity index (χ1v) is 9.40. The lowest BCUT2D eigenvalue weighted by Gasteiger charge is -2.20. The van der Waals surface area contributed by atoms with E-state index in [-0.39, 0.29) is 17.7 Å². The van der Waals surface area contributed by atoms with Crippen molar-refractivity contribution in [3.8, 4) is 0 Å². The Hall–Kier alpha value is -1.84. The van der Waals surface area contributed by atoms with E-state index in [9.17, 15) is 9.59 Å². The number of hydrogen-bond donors (Lipinski definition) is 1. The largest absolute Gasteiger partial charge is 0.343 e. The molecule has 1 aliphatic heterocycles. The molecule has 1 aliphatic carbocycles. The molecule has 1 N–H and O–H groups in total. The van der Waals surface area contributed by atoms with E-state index in [2.05, 4.69) is 5.32 Å². The van der Waals surface area contributed by atoms with Crippen LogP contribution in [0, 0.1) is 5.92 Å². The van der Waals surface area contributed by atoms with Crippen LogP contribution in [0.25, 0.3) is 0 Å². The molecular weight excluding hydrogens is 300 g/mol. The summed E-state index contributed by atoms with van der Waals surface area (Å²) < 4.78 is 0. The summed E-state index contributed by atoms with van der Waals surface area (Å²) in [4.78, 5) is 26.3. The molecule has 0 aromatic heterocycles. The number of nitrogens with one attached hydrogen (secondary N) is 1. The molecule has 0 spiro atoms. The number of carbonyl (C=O) groups is 2. The van der Waals surface area contributed by atoms with E-state index in [1.54, 1.807) is 0 Å². The zero-order chi connectivity index (χ0) is 16.8. The molecule has 2 amide bonds. The van der Waals surface area contributed by atoms with Gasteiger partial charge in [0.1, 0.15) is 0 Å². The zero-order valence-corrected chi connectivity index (χ0v) is 14.4. The molecule has 130 valence electrons. The van der Waals surface area contributed by atoms with Crippen molar-refractivity contribution in [1.82, 2.24) is 4.90 Å². The average molecular weight is 328 g/mol. The number of nitrogens with zero attached hydrogens (tertiary/aromatic N) is 1. The van der Waals surface area contributed by atoms with Crippen LogP contribution in [0.2, 0.25) is 0 Å². The normalized spacial score (nSPS) is 18.6. The van der Waals surface area contributed by atoms with E-state index < -0.39 is 0 Å². The van der Waals surface area contributed by atoms with Crippen molar-refractivity contribution in [3.05, 3.63) is 29.8 Å². The Kier molecular flexibility index (Phi) is 5.89. The van der Waals surface area contributed by atoms with Crippen LogP contribution in [0.1, 0.15) is 56.9 Å². The summed E-state index contributed by atoms with van der Waals surface area (Å²) in [5, 5.41) is 3.03. The van der Waals surface area contributed by atoms with Gasteiger partial charge in [-0.1, -0.05) is 31.4 Å². The Balaban J connectivity index is 1.46. The van der Waals surface area contributed by atoms with Crippen molar-refractivity contribution in [2.45, 2.75) is 57.8 Å². The van der Waals surface area contributed by atoms with Gasteiger partial charge in [0, 0.05) is 31.1 Å². The number of aryl methyl sites for hydroxylation is 1. The van der Waals surface area contributed by atoms with Crippen LogP contribution in [0.5, 0.6) is 0 Å². The van der Waals surface area contributed by atoms with Gasteiger partial charge in [0.25, 0.3) is 0 Å². The maximum absolute atomic E-state index is 12.3. The van der Waals surface area contributed by atoms with Gasteiger partial charge in [-0.2, -0.15) is 0 Å². The summed E-state index contributed by atoms with van der Waals surface area (Å²) >= 11 is 0. The van der Waals surface area contributed by atoms with Crippen LogP contribution >= 0.6 is 0 Å². The van der Waals surface area contributed by atoms with Crippen molar-refractivity contribution >= 4 is 17.5 Å². The first-order valence-electron chi connectivity index (χ1n) is 9.40. The molecule has 3 rings (SSSR count). The Morgan fingerprint density at radius 3 is 2.29 bits per heavy atom. The van der Waals surface area contributed by atoms with Gasteiger partial charge in [-0.05, 0) is 49.8 Å². The number of amides is 2. The lowest BCUT2D eigenvalue weighted by Crippen LogP contribution is -2.27. The molecular formula is C20H28N2O2. The summed E-state index contributed by atoms with van der Waals surface area (Å²) in [6.45, 7) is 1.84. The van der Waals surface area contributed by atoms with Gasteiger partial charge in [-0.3, -0.25) is 9.59 Å². The van der Waals surface area contributed by atoms with E-state index in [0.717, 1.165) is 56.4 Å². The standard InChI is InChI=1S/C20H28N2O2/c23-19(22-14-4-5-15-22)13-10-16-8-11-18(12-9-16)21-20(24)17-6-2-1-3-7-17/h8-9,11-12,17H,1-7,10,13-15H2,(H,21,24). The van der Waals surface area contributed by atoms with Crippen LogP contribution < -0.4 is 5.32 Å². The van der Waals surface area contributed by atoms with E-state index in [0.29, 0.717) is 6.42 Å². The third kappa shape index (κ3) is 4.59. The second-order valence-corrected chi connectivity index (χ2v) is 7.11. The third-order valence-electron chi connectivity index (χ3n) is 5.28. The highest BCUT2D eigenvalue weighted by atomic mass is 16.2. The summed E-state index contributed by atoms with van der Waals surface area (Å²) in [6.07, 6.45) is 9.26.